The number of nitrogens with zero attached hydrogens (tertiary/aromatic N) is 3. The van der Waals surface area contributed by atoms with Gasteiger partial charge in [0.05, 0.1) is 12.3 Å². The van der Waals surface area contributed by atoms with Gasteiger partial charge < -0.3 is 21.2 Å². The monoisotopic (exact) mass is 346 g/mol. The Labute approximate surface area is 149 Å². The largest absolute Gasteiger partial charge is 0.494 e. The molecular formula is C18H30N6O. The number of piperidine rings is 1. The van der Waals surface area contributed by atoms with Gasteiger partial charge in [-0.25, -0.2) is 5.84 Å². The molecule has 1 saturated heterocycles. The molecule has 1 aliphatic heterocycles. The number of anilines is 1. The molecule has 2 aliphatic rings. The molecule has 0 spiro atoms. The topological polar surface area (TPSA) is 106 Å². The zero-order valence-electron chi connectivity index (χ0n) is 15.0. The number of hydrogen-bond acceptors (Lipinski definition) is 6. The van der Waals surface area contributed by atoms with E-state index < -0.39 is 0 Å². The van der Waals surface area contributed by atoms with Crippen LogP contribution in [0.2, 0.25) is 0 Å². The van der Waals surface area contributed by atoms with Gasteiger partial charge in [0.1, 0.15) is 12.1 Å². The van der Waals surface area contributed by atoms with Crippen LogP contribution in [-0.4, -0.2) is 43.5 Å². The van der Waals surface area contributed by atoms with Crippen molar-refractivity contribution in [3.63, 3.8) is 0 Å². The van der Waals surface area contributed by atoms with E-state index in [0.717, 1.165) is 30.2 Å². The van der Waals surface area contributed by atoms with Crippen LogP contribution >= 0.6 is 0 Å². The van der Waals surface area contributed by atoms with Crippen LogP contribution in [0.25, 0.3) is 0 Å². The summed E-state index contributed by atoms with van der Waals surface area (Å²) in [5.74, 6) is 13.1. The van der Waals surface area contributed by atoms with Gasteiger partial charge >= 0.3 is 0 Å². The summed E-state index contributed by atoms with van der Waals surface area (Å²) in [5, 5.41) is 4.75. The van der Waals surface area contributed by atoms with Crippen LogP contribution in [0, 0.1) is 11.8 Å². The summed E-state index contributed by atoms with van der Waals surface area (Å²) < 4.78 is 5.86. The first-order chi connectivity index (χ1) is 12.0. The zero-order chi connectivity index (χ0) is 17.9. The minimum Gasteiger partial charge on any atom is -0.494 e. The highest BCUT2D eigenvalue weighted by Crippen LogP contribution is 2.51. The fourth-order valence-corrected chi connectivity index (χ4v) is 3.92. The molecule has 2 fully saturated rings. The van der Waals surface area contributed by atoms with E-state index in [-0.39, 0.29) is 5.54 Å². The predicted octanol–water partition coefficient (Wildman–Crippen LogP) is 1.10. The van der Waals surface area contributed by atoms with Gasteiger partial charge in [0.15, 0.2) is 0 Å². The van der Waals surface area contributed by atoms with Crippen molar-refractivity contribution in [1.29, 1.82) is 0 Å². The Bertz CT molecular complexity index is 584. The van der Waals surface area contributed by atoms with Crippen molar-refractivity contribution in [2.24, 2.45) is 34.4 Å². The molecule has 1 aromatic carbocycles. The Morgan fingerprint density at radius 1 is 1.32 bits per heavy atom. The molecule has 0 aromatic heterocycles. The van der Waals surface area contributed by atoms with Crippen LogP contribution in [-0.2, 0) is 0 Å². The van der Waals surface area contributed by atoms with Gasteiger partial charge in [-0.15, -0.1) is 0 Å². The quantitative estimate of drug-likeness (QED) is 0.295. The lowest BCUT2D eigenvalue weighted by Crippen LogP contribution is -2.35. The zero-order valence-corrected chi connectivity index (χ0v) is 15.0. The molecule has 1 aliphatic carbocycles. The van der Waals surface area contributed by atoms with Crippen molar-refractivity contribution < 1.29 is 4.74 Å². The molecule has 0 amide bonds. The van der Waals surface area contributed by atoms with Crippen molar-refractivity contribution in [2.45, 2.75) is 31.2 Å². The van der Waals surface area contributed by atoms with Crippen molar-refractivity contribution in [3.05, 3.63) is 24.3 Å². The number of hydrazine groups is 1. The summed E-state index contributed by atoms with van der Waals surface area (Å²) in [6.07, 6.45) is 5.97. The molecule has 6 N–H and O–H groups in total. The molecule has 25 heavy (non-hydrogen) atoms. The molecule has 7 nitrogen and oxygen atoms in total. The predicted molar refractivity (Wildman–Crippen MR) is 101 cm³/mol. The van der Waals surface area contributed by atoms with Crippen molar-refractivity contribution in [2.75, 3.05) is 31.8 Å². The summed E-state index contributed by atoms with van der Waals surface area (Å²) in [6, 6.07) is 7.52. The van der Waals surface area contributed by atoms with E-state index in [0.29, 0.717) is 12.5 Å². The molecule has 2 atom stereocenters. The molecule has 0 bridgehead atoms. The maximum Gasteiger partial charge on any atom is 0.129 e. The number of likely N-dealkylation sites (tertiary alicyclic amines) is 1. The molecular weight excluding hydrogens is 316 g/mol. The first kappa shape index (κ1) is 18.0. The molecule has 0 radical (unpaired) electrons. The Morgan fingerprint density at radius 3 is 2.64 bits per heavy atom. The third-order valence-corrected chi connectivity index (χ3v) is 5.67. The maximum absolute atomic E-state index is 6.57. The summed E-state index contributed by atoms with van der Waals surface area (Å²) in [4.78, 5) is 2.41. The highest BCUT2D eigenvalue weighted by atomic mass is 16.5. The van der Waals surface area contributed by atoms with E-state index in [1.807, 2.05) is 24.3 Å². The minimum absolute atomic E-state index is 0.0217. The average molecular weight is 346 g/mol. The highest BCUT2D eigenvalue weighted by Gasteiger charge is 2.54. The smallest absolute Gasteiger partial charge is 0.129 e. The molecule has 1 aromatic rings. The van der Waals surface area contributed by atoms with Crippen molar-refractivity contribution in [3.8, 4) is 5.75 Å². The lowest BCUT2D eigenvalue weighted by atomic mass is 9.89. The summed E-state index contributed by atoms with van der Waals surface area (Å²) >= 11 is 0. The molecule has 1 saturated carbocycles. The van der Waals surface area contributed by atoms with E-state index in [1.165, 1.54) is 37.3 Å². The fourth-order valence-electron chi connectivity index (χ4n) is 3.92. The Balaban J connectivity index is 1.42. The summed E-state index contributed by atoms with van der Waals surface area (Å²) in [7, 11) is 2.20. The lowest BCUT2D eigenvalue weighted by Gasteiger charge is -2.30. The van der Waals surface area contributed by atoms with E-state index in [2.05, 4.69) is 17.0 Å². The van der Waals surface area contributed by atoms with Gasteiger partial charge in [-0.3, -0.25) is 5.01 Å². The second-order valence-electron chi connectivity index (χ2n) is 7.45. The normalized spacial score (nSPS) is 27.6. The number of benzene rings is 1. The fraction of sp³-hybridized carbons (Fsp3) is 0.611. The summed E-state index contributed by atoms with van der Waals surface area (Å²) in [5.41, 5.74) is 7.35. The third kappa shape index (κ3) is 4.42. The van der Waals surface area contributed by atoms with Crippen molar-refractivity contribution in [1.82, 2.24) is 4.90 Å². The van der Waals surface area contributed by atoms with Crippen LogP contribution in [0.1, 0.15) is 25.7 Å². The van der Waals surface area contributed by atoms with Gasteiger partial charge in [-0.2, -0.15) is 5.10 Å². The van der Waals surface area contributed by atoms with Gasteiger partial charge in [0, 0.05) is 5.54 Å². The number of ether oxygens (including phenoxy) is 1. The van der Waals surface area contributed by atoms with Crippen LogP contribution in [0.3, 0.4) is 0 Å². The number of hydrogen-bond donors (Lipinski definition) is 3. The SMILES string of the molecule is CN1CCC(C2CC2(N)CCOc2ccc(N(N)/C=N\N)cc2)CC1. The first-order valence-electron chi connectivity index (χ1n) is 8.99. The van der Waals surface area contributed by atoms with Crippen LogP contribution in [0.4, 0.5) is 5.69 Å². The number of rotatable bonds is 7. The molecule has 7 heteroatoms. The average Bonchev–Trinajstić information content (AvgIpc) is 3.28. The maximum atomic E-state index is 6.57. The summed E-state index contributed by atoms with van der Waals surface area (Å²) in [6.45, 7) is 3.05. The second-order valence-corrected chi connectivity index (χ2v) is 7.45. The van der Waals surface area contributed by atoms with Gasteiger partial charge in [0.25, 0.3) is 0 Å². The molecule has 2 unspecified atom stereocenters. The molecule has 1 heterocycles. The van der Waals surface area contributed by atoms with Crippen molar-refractivity contribution >= 4 is 12.0 Å². The van der Waals surface area contributed by atoms with Crippen LogP contribution in [0.5, 0.6) is 5.75 Å². The molecule has 3 rings (SSSR count). The Hall–Kier alpha value is -1.83. The number of hydrazone groups is 1. The van der Waals surface area contributed by atoms with E-state index in [9.17, 15) is 0 Å². The standard InChI is InChI=1S/C18H30N6O/c1-23-9-6-14(7-10-23)17-12-18(17,19)8-11-25-16-4-2-15(3-5-16)24(21)13-22-20/h2-5,13-14,17H,6-12,19-21H2,1H3/b22-13-. The lowest BCUT2D eigenvalue weighted by molar-refractivity contribution is 0.192. The van der Waals surface area contributed by atoms with E-state index in [4.69, 9.17) is 22.2 Å². The molecule has 138 valence electrons. The minimum atomic E-state index is -0.0217. The third-order valence-electron chi connectivity index (χ3n) is 5.67. The van der Waals surface area contributed by atoms with Gasteiger partial charge in [-0.1, -0.05) is 0 Å². The van der Waals surface area contributed by atoms with Gasteiger partial charge in [-0.05, 0) is 81.9 Å². The van der Waals surface area contributed by atoms with Crippen LogP contribution in [0.15, 0.2) is 29.4 Å². The Morgan fingerprint density at radius 2 is 2.00 bits per heavy atom. The highest BCUT2D eigenvalue weighted by molar-refractivity contribution is 5.77. The first-order valence-corrected chi connectivity index (χ1v) is 8.99. The Kier molecular flexibility index (Phi) is 5.46. The second kappa shape index (κ2) is 7.59. The van der Waals surface area contributed by atoms with E-state index in [1.54, 1.807) is 0 Å². The van der Waals surface area contributed by atoms with Crippen LogP contribution < -0.4 is 27.2 Å². The van der Waals surface area contributed by atoms with E-state index >= 15 is 0 Å². The number of nitrogens with two attached hydrogens (primary N) is 3. The van der Waals surface area contributed by atoms with Gasteiger partial charge in [0.2, 0.25) is 0 Å².